The predicted octanol–water partition coefficient (Wildman–Crippen LogP) is 2.70. The molecule has 106 valence electrons. The largest absolute Gasteiger partial charge is 0.315 e. The van der Waals surface area contributed by atoms with E-state index in [1.165, 1.54) is 16.4 Å². The third kappa shape index (κ3) is 2.90. The Morgan fingerprint density at radius 1 is 1.37 bits per heavy atom. The fourth-order valence-corrected chi connectivity index (χ4v) is 4.64. The van der Waals surface area contributed by atoms with Crippen molar-refractivity contribution in [1.82, 2.24) is 4.31 Å². The Bertz CT molecular complexity index is 577. The zero-order valence-corrected chi connectivity index (χ0v) is 12.8. The van der Waals surface area contributed by atoms with E-state index in [0.29, 0.717) is 11.6 Å². The third-order valence-electron chi connectivity index (χ3n) is 3.43. The summed E-state index contributed by atoms with van der Waals surface area (Å²) in [6.45, 7) is 2.36. The molecule has 0 radical (unpaired) electrons. The molecule has 2 rings (SSSR count). The van der Waals surface area contributed by atoms with Gasteiger partial charge in [0.05, 0.1) is 11.2 Å². The smallest absolute Gasteiger partial charge is 0.245 e. The van der Waals surface area contributed by atoms with E-state index in [9.17, 15) is 8.42 Å². The topological polar surface area (TPSA) is 63.4 Å². The van der Waals surface area contributed by atoms with Gasteiger partial charge in [-0.3, -0.25) is 0 Å². The zero-order valence-electron chi connectivity index (χ0n) is 10.5. The molecule has 2 atom stereocenters. The molecule has 1 saturated heterocycles. The van der Waals surface area contributed by atoms with Gasteiger partial charge in [0.2, 0.25) is 10.0 Å². The highest BCUT2D eigenvalue weighted by molar-refractivity contribution is 7.89. The lowest BCUT2D eigenvalue weighted by Crippen LogP contribution is -2.52. The normalized spacial score (nSPS) is 25.5. The van der Waals surface area contributed by atoms with Crippen molar-refractivity contribution in [2.45, 2.75) is 30.8 Å². The van der Waals surface area contributed by atoms with Crippen LogP contribution in [0.5, 0.6) is 0 Å². The average molecular weight is 323 g/mol. The highest BCUT2D eigenvalue weighted by atomic mass is 35.5. The van der Waals surface area contributed by atoms with Crippen LogP contribution in [0.3, 0.4) is 0 Å². The number of rotatable bonds is 2. The molecule has 0 aliphatic carbocycles. The molecule has 1 aromatic rings. The Balaban J connectivity index is 2.44. The summed E-state index contributed by atoms with van der Waals surface area (Å²) < 4.78 is 26.6. The van der Waals surface area contributed by atoms with E-state index in [0.717, 1.165) is 12.8 Å². The number of piperidine rings is 1. The van der Waals surface area contributed by atoms with Crippen LogP contribution in [0, 0.1) is 5.92 Å². The maximum atomic E-state index is 12.6. The molecule has 1 aromatic carbocycles. The van der Waals surface area contributed by atoms with Crippen molar-refractivity contribution in [3.05, 3.63) is 28.2 Å². The quantitative estimate of drug-likeness (QED) is 0.910. The Kier molecular flexibility index (Phi) is 4.42. The Hall–Kier alpha value is -0.330. The Morgan fingerprint density at radius 3 is 2.74 bits per heavy atom. The number of hydrogen-bond acceptors (Lipinski definition) is 3. The lowest BCUT2D eigenvalue weighted by Gasteiger charge is -2.36. The summed E-state index contributed by atoms with van der Waals surface area (Å²) in [6, 6.07) is 4.41. The molecular formula is C12H16Cl2N2O2S. The van der Waals surface area contributed by atoms with Crippen LogP contribution in [0.25, 0.3) is 0 Å². The van der Waals surface area contributed by atoms with Crippen molar-refractivity contribution in [2.75, 3.05) is 6.54 Å². The predicted molar refractivity (Wildman–Crippen MR) is 76.7 cm³/mol. The van der Waals surface area contributed by atoms with Crippen LogP contribution in [-0.4, -0.2) is 25.4 Å². The van der Waals surface area contributed by atoms with Crippen molar-refractivity contribution >= 4 is 33.2 Å². The summed E-state index contributed by atoms with van der Waals surface area (Å²) in [4.78, 5) is 0.0196. The van der Waals surface area contributed by atoms with E-state index in [2.05, 4.69) is 0 Å². The highest BCUT2D eigenvalue weighted by Crippen LogP contribution is 2.31. The maximum Gasteiger partial charge on any atom is 0.245 e. The van der Waals surface area contributed by atoms with Gasteiger partial charge in [-0.1, -0.05) is 30.1 Å². The zero-order chi connectivity index (χ0) is 14.2. The molecule has 0 spiro atoms. The van der Waals surface area contributed by atoms with Gasteiger partial charge in [-0.25, -0.2) is 8.42 Å². The van der Waals surface area contributed by atoms with Crippen molar-refractivity contribution in [1.29, 1.82) is 0 Å². The third-order valence-corrected chi connectivity index (χ3v) is 6.05. The Morgan fingerprint density at radius 2 is 2.05 bits per heavy atom. The molecule has 4 nitrogen and oxygen atoms in total. The molecule has 0 amide bonds. The lowest BCUT2D eigenvalue weighted by molar-refractivity contribution is 0.192. The molecule has 1 heterocycles. The summed E-state index contributed by atoms with van der Waals surface area (Å²) in [7, 11) is -3.71. The van der Waals surface area contributed by atoms with Gasteiger partial charge in [0.25, 0.3) is 0 Å². The second-order valence-corrected chi connectivity index (χ2v) is 7.50. The minimum absolute atomic E-state index is 0.0196. The van der Waals surface area contributed by atoms with E-state index in [-0.39, 0.29) is 15.8 Å². The monoisotopic (exact) mass is 322 g/mol. The number of benzene rings is 1. The number of hydrogen-bond donors (Lipinski definition) is 1. The molecule has 2 unspecified atom stereocenters. The lowest BCUT2D eigenvalue weighted by atomic mass is 9.99. The maximum absolute atomic E-state index is 12.6. The molecule has 7 heteroatoms. The van der Waals surface area contributed by atoms with Crippen molar-refractivity contribution in [3.63, 3.8) is 0 Å². The van der Waals surface area contributed by atoms with Crippen LogP contribution >= 0.6 is 23.2 Å². The van der Waals surface area contributed by atoms with E-state index in [1.54, 1.807) is 6.07 Å². The molecule has 0 aromatic heterocycles. The number of halogens is 2. The molecule has 2 N–H and O–H groups in total. The summed E-state index contributed by atoms with van der Waals surface area (Å²) >= 11 is 11.8. The van der Waals surface area contributed by atoms with Gasteiger partial charge in [-0.15, -0.1) is 0 Å². The molecule has 0 bridgehead atoms. The van der Waals surface area contributed by atoms with Gasteiger partial charge >= 0.3 is 0 Å². The summed E-state index contributed by atoms with van der Waals surface area (Å²) in [5.74, 6) is 0.126. The summed E-state index contributed by atoms with van der Waals surface area (Å²) in [5.41, 5.74) is 6.00. The molecule has 1 fully saturated rings. The van der Waals surface area contributed by atoms with Crippen LogP contribution in [0.1, 0.15) is 19.8 Å². The Labute approximate surface area is 123 Å². The van der Waals surface area contributed by atoms with E-state index in [1.807, 2.05) is 6.92 Å². The van der Waals surface area contributed by atoms with Crippen LogP contribution in [-0.2, 0) is 10.0 Å². The van der Waals surface area contributed by atoms with Gasteiger partial charge in [-0.05, 0) is 37.0 Å². The van der Waals surface area contributed by atoms with Gasteiger partial charge in [0.1, 0.15) is 4.90 Å². The van der Waals surface area contributed by atoms with Crippen molar-refractivity contribution in [2.24, 2.45) is 11.7 Å². The summed E-state index contributed by atoms with van der Waals surface area (Å²) in [5, 5.41) is 0.497. The van der Waals surface area contributed by atoms with Crippen molar-refractivity contribution in [3.8, 4) is 0 Å². The number of nitrogens with zero attached hydrogens (tertiary/aromatic N) is 1. The van der Waals surface area contributed by atoms with E-state index < -0.39 is 16.2 Å². The molecular weight excluding hydrogens is 307 g/mol. The fourth-order valence-electron chi connectivity index (χ4n) is 2.25. The van der Waals surface area contributed by atoms with Crippen molar-refractivity contribution < 1.29 is 8.42 Å². The summed E-state index contributed by atoms with van der Waals surface area (Å²) in [6.07, 6.45) is 1.21. The van der Waals surface area contributed by atoms with Crippen LogP contribution in [0.2, 0.25) is 10.0 Å². The first-order valence-electron chi connectivity index (χ1n) is 6.06. The second kappa shape index (κ2) is 5.58. The minimum atomic E-state index is -3.71. The van der Waals surface area contributed by atoms with Crippen LogP contribution in [0.15, 0.2) is 23.1 Å². The number of nitrogens with two attached hydrogens (primary N) is 1. The first kappa shape index (κ1) is 15.1. The SMILES string of the molecule is CC1CCCN(S(=O)(=O)c2cc(Cl)ccc2Cl)C1N. The van der Waals surface area contributed by atoms with Gasteiger partial charge in [-0.2, -0.15) is 4.31 Å². The fraction of sp³-hybridized carbons (Fsp3) is 0.500. The molecule has 1 aliphatic heterocycles. The van der Waals surface area contributed by atoms with E-state index >= 15 is 0 Å². The first-order valence-corrected chi connectivity index (χ1v) is 8.26. The first-order chi connectivity index (χ1) is 8.84. The van der Waals surface area contributed by atoms with Crippen LogP contribution < -0.4 is 5.73 Å². The van der Waals surface area contributed by atoms with Gasteiger partial charge < -0.3 is 5.73 Å². The molecule has 0 saturated carbocycles. The van der Waals surface area contributed by atoms with Gasteiger partial charge in [0, 0.05) is 11.6 Å². The minimum Gasteiger partial charge on any atom is -0.315 e. The standard InChI is InChI=1S/C12H16Cl2N2O2S/c1-8-3-2-6-16(12(8)15)19(17,18)11-7-9(13)4-5-10(11)14/h4-5,7-8,12H,2-3,6,15H2,1H3. The number of sulfonamides is 1. The van der Waals surface area contributed by atoms with Crippen LogP contribution in [0.4, 0.5) is 0 Å². The molecule has 1 aliphatic rings. The van der Waals surface area contributed by atoms with Gasteiger partial charge in [0.15, 0.2) is 0 Å². The second-order valence-electron chi connectivity index (χ2n) is 4.80. The average Bonchev–Trinajstić information content (AvgIpc) is 2.35. The van der Waals surface area contributed by atoms with E-state index in [4.69, 9.17) is 28.9 Å². The molecule has 19 heavy (non-hydrogen) atoms. The highest BCUT2D eigenvalue weighted by Gasteiger charge is 2.36.